The molecule has 0 spiro atoms. The highest BCUT2D eigenvalue weighted by Crippen LogP contribution is 2.13. The van der Waals surface area contributed by atoms with E-state index in [2.05, 4.69) is 162 Å². The lowest BCUT2D eigenvalue weighted by Crippen LogP contribution is -1.86. The van der Waals surface area contributed by atoms with Gasteiger partial charge in [0.15, 0.2) is 0 Å². The van der Waals surface area contributed by atoms with Crippen LogP contribution in [0.1, 0.15) is 92.7 Å². The van der Waals surface area contributed by atoms with E-state index in [1.54, 1.807) is 27.4 Å². The lowest BCUT2D eigenvalue weighted by atomic mass is 10.2. The van der Waals surface area contributed by atoms with Crippen molar-refractivity contribution < 1.29 is 0 Å². The minimum Gasteiger partial charge on any atom is -0.276 e. The Morgan fingerprint density at radius 1 is 0.324 bits per heavy atom. The average Bonchev–Trinajstić information content (AvgIpc) is 4.10. The molecule has 0 saturated carbocycles. The fourth-order valence-corrected chi connectivity index (χ4v) is 7.04. The van der Waals surface area contributed by atoms with Gasteiger partial charge in [-0.3, -0.25) is 14.6 Å². The number of aryl methyl sites for hydroxylation is 18. The third-order valence-corrected chi connectivity index (χ3v) is 11.5. The summed E-state index contributed by atoms with van der Waals surface area (Å²) >= 11 is 5.45. The Morgan fingerprint density at radius 3 is 0.824 bits per heavy atom. The maximum Gasteiger partial charge on any atom is 0.125 e. The number of pyridine rings is 2. The van der Waals surface area contributed by atoms with Gasteiger partial charge in [0.1, 0.15) is 11.6 Å². The minimum absolute atomic E-state index is 0.829. The zero-order chi connectivity index (χ0) is 51.0. The summed E-state index contributed by atoms with van der Waals surface area (Å²) in [6.07, 6.45) is 12.9. The second kappa shape index (κ2) is 34.3. The van der Waals surface area contributed by atoms with Gasteiger partial charge in [0.05, 0.1) is 5.69 Å². The normalized spacial score (nSPS) is 9.32. The Labute approximate surface area is 421 Å². The van der Waals surface area contributed by atoms with E-state index >= 15 is 0 Å². The van der Waals surface area contributed by atoms with Gasteiger partial charge in [-0.25, -0.2) is 19.9 Å². The Balaban J connectivity index is 0.000000383. The van der Waals surface area contributed by atoms with Gasteiger partial charge in [-0.2, -0.15) is 5.10 Å². The molecule has 0 aliphatic heterocycles. The molecule has 9 aromatic rings. The van der Waals surface area contributed by atoms with Crippen LogP contribution in [-0.4, -0.2) is 39.7 Å². The van der Waals surface area contributed by atoms with Crippen LogP contribution in [0.3, 0.4) is 0 Å². The van der Waals surface area contributed by atoms with E-state index in [0.717, 1.165) is 39.9 Å². The highest BCUT2D eigenvalue weighted by Gasteiger charge is 1.88. The number of benzene rings is 1. The molecule has 0 bridgehead atoms. The standard InChI is InChI=1S/C8H10.2C7H9N.2C6H8N2.3C6H8S.C5H8N2/c1-7-3-5-8(2)6-4-7;2*1-6-3-4-7(2)8-5-6;2*1-5-3-7-6(2)8-4-5;2*1-5-3-6(2)7-4-5;1-5-3-4-6(2)7-5;1-5-3-4-7(2)6-5/h3-6H,1-2H3;2*3-5H,1-2H3;2*3-4H,1-2H3;4*3-4H,1-2H3. The second-order valence-corrected chi connectivity index (χ2v) is 20.2. The van der Waals surface area contributed by atoms with Gasteiger partial charge < -0.3 is 0 Å². The Morgan fingerprint density at radius 2 is 0.662 bits per heavy atom. The predicted molar refractivity (Wildman–Crippen MR) is 296 cm³/mol. The molecule has 0 radical (unpaired) electrons. The van der Waals surface area contributed by atoms with Gasteiger partial charge in [-0.1, -0.05) is 47.5 Å². The smallest absolute Gasteiger partial charge is 0.125 e. The van der Waals surface area contributed by atoms with Gasteiger partial charge >= 0.3 is 0 Å². The molecule has 0 amide bonds. The van der Waals surface area contributed by atoms with Gasteiger partial charge in [0, 0.05) is 81.3 Å². The monoisotopic (exact) mass is 969 g/mol. The van der Waals surface area contributed by atoms with E-state index in [9.17, 15) is 0 Å². The van der Waals surface area contributed by atoms with Crippen molar-refractivity contribution in [1.29, 1.82) is 0 Å². The molecule has 0 unspecified atom stereocenters. The van der Waals surface area contributed by atoms with E-state index in [1.807, 2.05) is 142 Å². The average molecular weight is 969 g/mol. The van der Waals surface area contributed by atoms with E-state index in [1.165, 1.54) is 52.9 Å². The Hall–Kier alpha value is -6.01. The summed E-state index contributed by atoms with van der Waals surface area (Å²) < 4.78 is 1.79. The third-order valence-electron chi connectivity index (χ3n) is 8.60. The zero-order valence-electron chi connectivity index (χ0n) is 44.0. The second-order valence-electron chi connectivity index (χ2n) is 16.5. The van der Waals surface area contributed by atoms with Gasteiger partial charge in [0.25, 0.3) is 0 Å². The first kappa shape index (κ1) is 60.0. The maximum atomic E-state index is 4.08. The topological polar surface area (TPSA) is 95.2 Å². The molecule has 0 fully saturated rings. The number of nitrogens with zero attached hydrogens (tertiary/aromatic N) is 8. The number of rotatable bonds is 0. The lowest BCUT2D eigenvalue weighted by molar-refractivity contribution is 0.756. The van der Waals surface area contributed by atoms with Crippen molar-refractivity contribution in [1.82, 2.24) is 39.7 Å². The summed E-state index contributed by atoms with van der Waals surface area (Å²) in [5.74, 6) is 1.66. The fraction of sp³-hybridized carbons (Fsp3) is 0.316. The highest BCUT2D eigenvalue weighted by atomic mass is 32.1. The van der Waals surface area contributed by atoms with E-state index < -0.39 is 0 Å². The maximum absolute atomic E-state index is 4.08. The summed E-state index contributed by atoms with van der Waals surface area (Å²) in [4.78, 5) is 29.6. The van der Waals surface area contributed by atoms with Crippen molar-refractivity contribution in [2.75, 3.05) is 0 Å². The minimum atomic E-state index is 0.829. The molecule has 68 heavy (non-hydrogen) atoms. The molecular formula is C57H76N8S3. The molecule has 362 valence electrons. The first-order valence-electron chi connectivity index (χ1n) is 22.4. The van der Waals surface area contributed by atoms with Crippen LogP contribution in [0.2, 0.25) is 0 Å². The summed E-state index contributed by atoms with van der Waals surface area (Å²) in [6.45, 7) is 34.6. The van der Waals surface area contributed by atoms with Gasteiger partial charge in [-0.15, -0.1) is 34.0 Å². The molecule has 8 heterocycles. The first-order valence-corrected chi connectivity index (χ1v) is 25.0. The predicted octanol–water partition coefficient (Wildman–Crippen LogP) is 15.7. The Kier molecular flexibility index (Phi) is 30.3. The van der Waals surface area contributed by atoms with Crippen LogP contribution >= 0.6 is 34.0 Å². The van der Waals surface area contributed by atoms with E-state index in [4.69, 9.17) is 0 Å². The number of thiophene rings is 3. The molecule has 0 aliphatic carbocycles. The van der Waals surface area contributed by atoms with Crippen molar-refractivity contribution in [2.45, 2.75) is 118 Å². The third kappa shape index (κ3) is 32.6. The lowest BCUT2D eigenvalue weighted by Gasteiger charge is -1.90. The van der Waals surface area contributed by atoms with Crippen molar-refractivity contribution in [3.8, 4) is 0 Å². The molecule has 0 aliphatic rings. The number of hydrogen-bond acceptors (Lipinski definition) is 10. The molecule has 8 nitrogen and oxygen atoms in total. The number of aromatic nitrogens is 8. The first-order chi connectivity index (χ1) is 32.1. The van der Waals surface area contributed by atoms with Crippen LogP contribution in [0.15, 0.2) is 133 Å². The molecule has 1 aromatic carbocycles. The quantitative estimate of drug-likeness (QED) is 0.149. The van der Waals surface area contributed by atoms with Crippen LogP contribution in [-0.2, 0) is 7.05 Å². The molecule has 11 heteroatoms. The van der Waals surface area contributed by atoms with Crippen LogP contribution in [0.25, 0.3) is 0 Å². The van der Waals surface area contributed by atoms with E-state index in [0.29, 0.717) is 0 Å². The molecule has 8 aromatic heterocycles. The van der Waals surface area contributed by atoms with Crippen molar-refractivity contribution in [3.63, 3.8) is 0 Å². The molecule has 0 atom stereocenters. The van der Waals surface area contributed by atoms with Gasteiger partial charge in [0.2, 0.25) is 0 Å². The molecule has 0 N–H and O–H groups in total. The molecule has 9 rings (SSSR count). The SMILES string of the molecule is Cc1ccc(C)cc1.Cc1ccc(C)nc1.Cc1ccc(C)nc1.Cc1ccc(C)s1.Cc1ccn(C)n1.Cc1cnc(C)nc1.Cc1cnc(C)nc1.Cc1csc(C)c1.Cc1csc(C)c1. The zero-order valence-corrected chi connectivity index (χ0v) is 46.5. The number of hydrogen-bond donors (Lipinski definition) is 0. The van der Waals surface area contributed by atoms with Crippen LogP contribution in [0.4, 0.5) is 0 Å². The van der Waals surface area contributed by atoms with Crippen LogP contribution in [0.5, 0.6) is 0 Å². The summed E-state index contributed by atoms with van der Waals surface area (Å²) in [6, 6.07) is 27.2. The Bertz CT molecular complexity index is 2040. The fourth-order valence-electron chi connectivity index (χ4n) is 4.87. The largest absolute Gasteiger partial charge is 0.276 e. The molecule has 0 saturated heterocycles. The highest BCUT2D eigenvalue weighted by molar-refractivity contribution is 7.11. The van der Waals surface area contributed by atoms with Crippen LogP contribution in [0, 0.1) is 118 Å². The van der Waals surface area contributed by atoms with Crippen molar-refractivity contribution in [3.05, 3.63) is 226 Å². The van der Waals surface area contributed by atoms with Gasteiger partial charge in [-0.05, 0) is 204 Å². The van der Waals surface area contributed by atoms with E-state index in [-0.39, 0.29) is 0 Å². The summed E-state index contributed by atoms with van der Waals surface area (Å²) in [7, 11) is 1.91. The van der Waals surface area contributed by atoms with Crippen molar-refractivity contribution >= 4 is 34.0 Å². The summed E-state index contributed by atoms with van der Waals surface area (Å²) in [5, 5.41) is 8.35. The summed E-state index contributed by atoms with van der Waals surface area (Å²) in [5.41, 5.74) is 13.3. The van der Waals surface area contributed by atoms with Crippen LogP contribution < -0.4 is 0 Å². The van der Waals surface area contributed by atoms with Crippen molar-refractivity contribution in [2.24, 2.45) is 7.05 Å². The molecular weight excluding hydrogens is 893 g/mol.